The number of hydrogen-bond acceptors (Lipinski definition) is 2. The highest BCUT2D eigenvalue weighted by molar-refractivity contribution is 5.75. The summed E-state index contributed by atoms with van der Waals surface area (Å²) in [7, 11) is 0. The Bertz CT molecular complexity index is 196. The van der Waals surface area contributed by atoms with Gasteiger partial charge in [0.15, 0.2) is 0 Å². The lowest BCUT2D eigenvalue weighted by Crippen LogP contribution is -2.14. The van der Waals surface area contributed by atoms with Gasteiger partial charge < -0.3 is 4.74 Å². The van der Waals surface area contributed by atoms with Crippen LogP contribution in [0, 0.1) is 11.8 Å². The minimum atomic E-state index is -0.0342. The summed E-state index contributed by atoms with van der Waals surface area (Å²) in [6.07, 6.45) is 5.02. The number of hydrogen-bond donors (Lipinski definition) is 0. The predicted octanol–water partition coefficient (Wildman–Crippen LogP) is 2.15. The molecule has 0 aromatic rings. The van der Waals surface area contributed by atoms with E-state index in [1.54, 1.807) is 0 Å². The van der Waals surface area contributed by atoms with Gasteiger partial charge in [-0.2, -0.15) is 0 Å². The van der Waals surface area contributed by atoms with Crippen LogP contribution < -0.4 is 0 Å². The van der Waals surface area contributed by atoms with Crippen LogP contribution in [0.4, 0.5) is 0 Å². The van der Waals surface area contributed by atoms with Crippen molar-refractivity contribution in [1.29, 1.82) is 0 Å². The van der Waals surface area contributed by atoms with Gasteiger partial charge in [-0.25, -0.2) is 0 Å². The molecule has 1 fully saturated rings. The summed E-state index contributed by atoms with van der Waals surface area (Å²) in [6.45, 7) is 5.98. The molecule has 2 nitrogen and oxygen atoms in total. The van der Waals surface area contributed by atoms with Crippen molar-refractivity contribution in [1.82, 2.24) is 0 Å². The number of esters is 1. The van der Waals surface area contributed by atoms with Gasteiger partial charge in [-0.1, -0.05) is 19.1 Å². The van der Waals surface area contributed by atoms with Gasteiger partial charge in [-0.3, -0.25) is 4.79 Å². The van der Waals surface area contributed by atoms with Gasteiger partial charge in [0.05, 0.1) is 12.0 Å². The summed E-state index contributed by atoms with van der Waals surface area (Å²) in [5, 5.41) is 0. The van der Waals surface area contributed by atoms with Crippen molar-refractivity contribution in [2.24, 2.45) is 11.8 Å². The Morgan fingerprint density at radius 1 is 1.67 bits per heavy atom. The normalized spacial score (nSPS) is 32.4. The molecule has 0 aliphatic carbocycles. The van der Waals surface area contributed by atoms with Crippen molar-refractivity contribution in [2.75, 3.05) is 0 Å². The van der Waals surface area contributed by atoms with E-state index in [2.05, 4.69) is 13.0 Å². The standard InChI is InChI=1S/C10H16O2/c1-4-5-7(2)9-6-8(3)12-10(9)11/h4-5,7-9H,6H2,1-3H3/b5-4+/t7-,8-,9+/m1/s1. The summed E-state index contributed by atoms with van der Waals surface area (Å²) in [5.74, 6) is 0.358. The number of carbonyl (C=O) groups excluding carboxylic acids is 1. The van der Waals surface area contributed by atoms with Crippen molar-refractivity contribution in [3.8, 4) is 0 Å². The first kappa shape index (κ1) is 9.30. The van der Waals surface area contributed by atoms with Gasteiger partial charge in [0, 0.05) is 0 Å². The van der Waals surface area contributed by atoms with E-state index in [1.165, 1.54) is 0 Å². The van der Waals surface area contributed by atoms with E-state index in [4.69, 9.17) is 4.74 Å². The zero-order valence-electron chi connectivity index (χ0n) is 7.91. The molecule has 0 unspecified atom stereocenters. The molecular formula is C10H16O2. The molecule has 0 saturated carbocycles. The van der Waals surface area contributed by atoms with Crippen molar-refractivity contribution in [3.63, 3.8) is 0 Å². The quantitative estimate of drug-likeness (QED) is 0.466. The highest BCUT2D eigenvalue weighted by Gasteiger charge is 2.34. The summed E-state index contributed by atoms with van der Waals surface area (Å²) >= 11 is 0. The predicted molar refractivity (Wildman–Crippen MR) is 47.6 cm³/mol. The summed E-state index contributed by atoms with van der Waals surface area (Å²) in [5.41, 5.74) is 0. The van der Waals surface area contributed by atoms with Gasteiger partial charge in [-0.15, -0.1) is 0 Å². The molecule has 0 spiro atoms. The SMILES string of the molecule is C/C=C/[C@@H](C)[C@@H]1C[C@@H](C)OC1=O. The Kier molecular flexibility index (Phi) is 2.90. The van der Waals surface area contributed by atoms with Crippen LogP contribution in [-0.2, 0) is 9.53 Å². The van der Waals surface area contributed by atoms with Crippen molar-refractivity contribution in [3.05, 3.63) is 12.2 Å². The van der Waals surface area contributed by atoms with Gasteiger partial charge in [0.25, 0.3) is 0 Å². The fraction of sp³-hybridized carbons (Fsp3) is 0.700. The van der Waals surface area contributed by atoms with Crippen LogP contribution in [0.2, 0.25) is 0 Å². The Labute approximate surface area is 73.6 Å². The summed E-state index contributed by atoms with van der Waals surface area (Å²) < 4.78 is 5.07. The molecule has 0 N–H and O–H groups in total. The Morgan fingerprint density at radius 2 is 2.33 bits per heavy atom. The number of carbonyl (C=O) groups is 1. The lowest BCUT2D eigenvalue weighted by molar-refractivity contribution is -0.144. The number of rotatable bonds is 2. The first-order chi connectivity index (χ1) is 5.65. The van der Waals surface area contributed by atoms with E-state index < -0.39 is 0 Å². The lowest BCUT2D eigenvalue weighted by Gasteiger charge is -2.09. The molecule has 1 heterocycles. The molecular weight excluding hydrogens is 152 g/mol. The van der Waals surface area contributed by atoms with Gasteiger partial charge in [0.2, 0.25) is 0 Å². The summed E-state index contributed by atoms with van der Waals surface area (Å²) in [4.78, 5) is 11.2. The summed E-state index contributed by atoms with van der Waals surface area (Å²) in [6, 6.07) is 0. The molecule has 0 aromatic heterocycles. The molecule has 0 amide bonds. The average molecular weight is 168 g/mol. The van der Waals surface area contributed by atoms with Crippen LogP contribution in [-0.4, -0.2) is 12.1 Å². The van der Waals surface area contributed by atoms with Gasteiger partial charge >= 0.3 is 5.97 Å². The fourth-order valence-corrected chi connectivity index (χ4v) is 1.65. The van der Waals surface area contributed by atoms with Crippen LogP contribution in [0.15, 0.2) is 12.2 Å². The fourth-order valence-electron chi connectivity index (χ4n) is 1.65. The highest BCUT2D eigenvalue weighted by atomic mass is 16.5. The molecule has 0 bridgehead atoms. The van der Waals surface area contributed by atoms with Crippen molar-refractivity contribution >= 4 is 5.97 Å². The topological polar surface area (TPSA) is 26.3 Å². The molecule has 1 saturated heterocycles. The Hall–Kier alpha value is -0.790. The molecule has 1 aliphatic heterocycles. The van der Waals surface area contributed by atoms with E-state index in [0.717, 1.165) is 6.42 Å². The smallest absolute Gasteiger partial charge is 0.309 e. The van der Waals surface area contributed by atoms with Crippen LogP contribution in [0.5, 0.6) is 0 Å². The monoisotopic (exact) mass is 168 g/mol. The Morgan fingerprint density at radius 3 is 2.75 bits per heavy atom. The molecule has 12 heavy (non-hydrogen) atoms. The first-order valence-electron chi connectivity index (χ1n) is 4.48. The zero-order chi connectivity index (χ0) is 9.14. The minimum absolute atomic E-state index is 0.0342. The van der Waals surface area contributed by atoms with E-state index in [-0.39, 0.29) is 18.0 Å². The maximum atomic E-state index is 11.2. The van der Waals surface area contributed by atoms with Crippen LogP contribution in [0.1, 0.15) is 27.2 Å². The molecule has 68 valence electrons. The van der Waals surface area contributed by atoms with Gasteiger partial charge in [-0.05, 0) is 26.2 Å². The van der Waals surface area contributed by atoms with Crippen molar-refractivity contribution < 1.29 is 9.53 Å². The second kappa shape index (κ2) is 3.74. The maximum absolute atomic E-state index is 11.2. The molecule has 2 heteroatoms. The second-order valence-electron chi connectivity index (χ2n) is 3.47. The minimum Gasteiger partial charge on any atom is -0.462 e. The third kappa shape index (κ3) is 1.87. The van der Waals surface area contributed by atoms with Crippen LogP contribution >= 0.6 is 0 Å². The van der Waals surface area contributed by atoms with E-state index >= 15 is 0 Å². The van der Waals surface area contributed by atoms with Crippen molar-refractivity contribution in [2.45, 2.75) is 33.3 Å². The zero-order valence-corrected chi connectivity index (χ0v) is 7.91. The maximum Gasteiger partial charge on any atom is 0.309 e. The average Bonchev–Trinajstić information content (AvgIpc) is 2.30. The molecule has 0 aromatic carbocycles. The lowest BCUT2D eigenvalue weighted by atomic mass is 9.91. The first-order valence-corrected chi connectivity index (χ1v) is 4.48. The van der Waals surface area contributed by atoms with E-state index in [9.17, 15) is 4.79 Å². The van der Waals surface area contributed by atoms with E-state index in [0.29, 0.717) is 5.92 Å². The molecule has 1 rings (SSSR count). The van der Waals surface area contributed by atoms with Crippen LogP contribution in [0.25, 0.3) is 0 Å². The second-order valence-corrected chi connectivity index (χ2v) is 3.47. The van der Waals surface area contributed by atoms with Gasteiger partial charge in [0.1, 0.15) is 0 Å². The molecule has 0 radical (unpaired) electrons. The largest absolute Gasteiger partial charge is 0.462 e. The number of cyclic esters (lactones) is 1. The molecule has 1 aliphatic rings. The third-order valence-electron chi connectivity index (χ3n) is 2.34. The third-order valence-corrected chi connectivity index (χ3v) is 2.34. The number of ether oxygens (including phenoxy) is 1. The Balaban J connectivity index is 2.57. The highest BCUT2D eigenvalue weighted by Crippen LogP contribution is 2.28. The number of allylic oxidation sites excluding steroid dienone is 2. The molecule has 3 atom stereocenters. The van der Waals surface area contributed by atoms with Crippen LogP contribution in [0.3, 0.4) is 0 Å². The van der Waals surface area contributed by atoms with E-state index in [1.807, 2.05) is 19.9 Å².